The first-order valence-electron chi connectivity index (χ1n) is 9.17. The summed E-state index contributed by atoms with van der Waals surface area (Å²) in [6, 6.07) is 16.0. The highest BCUT2D eigenvalue weighted by atomic mass is 35.5. The largest absolute Gasteiger partial charge is 0.326 e. The van der Waals surface area contributed by atoms with E-state index in [1.54, 1.807) is 0 Å². The molecule has 4 rings (SSSR count). The van der Waals surface area contributed by atoms with Crippen LogP contribution in [0.25, 0.3) is 0 Å². The summed E-state index contributed by atoms with van der Waals surface area (Å²) in [4.78, 5) is 12.3. The van der Waals surface area contributed by atoms with E-state index < -0.39 is 0 Å². The zero-order chi connectivity index (χ0) is 17.2. The van der Waals surface area contributed by atoms with Crippen molar-refractivity contribution >= 4 is 24.0 Å². The Labute approximate surface area is 161 Å². The fourth-order valence-electron chi connectivity index (χ4n) is 3.42. The van der Waals surface area contributed by atoms with Gasteiger partial charge in [-0.15, -0.1) is 12.4 Å². The van der Waals surface area contributed by atoms with E-state index in [1.807, 2.05) is 42.5 Å². The van der Waals surface area contributed by atoms with Gasteiger partial charge in [-0.2, -0.15) is 0 Å². The number of halogens is 1. The van der Waals surface area contributed by atoms with E-state index in [2.05, 4.69) is 16.7 Å². The van der Waals surface area contributed by atoms with E-state index in [1.165, 1.54) is 24.8 Å². The fourth-order valence-corrected chi connectivity index (χ4v) is 3.42. The molecule has 4 N–H and O–H groups in total. The average Bonchev–Trinajstić information content (AvgIpc) is 3.55. The average molecular weight is 372 g/mol. The van der Waals surface area contributed by atoms with Gasteiger partial charge in [-0.25, -0.2) is 0 Å². The van der Waals surface area contributed by atoms with Gasteiger partial charge in [0, 0.05) is 29.8 Å². The lowest BCUT2D eigenvalue weighted by molar-refractivity contribution is 0.102. The van der Waals surface area contributed by atoms with Crippen molar-refractivity contribution in [3.8, 4) is 0 Å². The molecule has 2 saturated carbocycles. The van der Waals surface area contributed by atoms with Crippen molar-refractivity contribution in [2.24, 2.45) is 11.7 Å². The Morgan fingerprint density at radius 2 is 1.88 bits per heavy atom. The first-order valence-corrected chi connectivity index (χ1v) is 9.17. The lowest BCUT2D eigenvalue weighted by Gasteiger charge is -2.12. The van der Waals surface area contributed by atoms with Crippen LogP contribution in [0.2, 0.25) is 0 Å². The Kier molecular flexibility index (Phi) is 5.97. The van der Waals surface area contributed by atoms with Gasteiger partial charge in [-0.1, -0.05) is 24.3 Å². The zero-order valence-electron chi connectivity index (χ0n) is 14.8. The minimum Gasteiger partial charge on any atom is -0.326 e. The number of nitrogens with two attached hydrogens (primary N) is 1. The monoisotopic (exact) mass is 371 g/mol. The minimum atomic E-state index is -0.0910. The molecule has 0 spiro atoms. The van der Waals surface area contributed by atoms with Crippen LogP contribution in [0.3, 0.4) is 0 Å². The lowest BCUT2D eigenvalue weighted by Crippen LogP contribution is -2.20. The minimum absolute atomic E-state index is 0. The van der Waals surface area contributed by atoms with Crippen molar-refractivity contribution in [3.63, 3.8) is 0 Å². The number of nitrogens with one attached hydrogen (secondary N) is 2. The van der Waals surface area contributed by atoms with Gasteiger partial charge in [0.05, 0.1) is 0 Å². The van der Waals surface area contributed by atoms with Crippen LogP contribution in [-0.2, 0) is 6.54 Å². The molecule has 2 atom stereocenters. The van der Waals surface area contributed by atoms with E-state index in [0.29, 0.717) is 24.1 Å². The lowest BCUT2D eigenvalue weighted by atomic mass is 10.0. The van der Waals surface area contributed by atoms with Crippen LogP contribution in [0.5, 0.6) is 0 Å². The van der Waals surface area contributed by atoms with E-state index in [0.717, 1.165) is 23.7 Å². The second-order valence-electron chi connectivity index (χ2n) is 7.24. The third-order valence-electron chi connectivity index (χ3n) is 5.21. The second kappa shape index (κ2) is 8.21. The molecule has 2 aliphatic carbocycles. The van der Waals surface area contributed by atoms with Crippen LogP contribution in [-0.4, -0.2) is 18.5 Å². The van der Waals surface area contributed by atoms with E-state index in [-0.39, 0.29) is 18.3 Å². The third-order valence-corrected chi connectivity index (χ3v) is 5.21. The highest BCUT2D eigenvalue weighted by molar-refractivity contribution is 6.04. The first-order chi connectivity index (χ1) is 12.2. The Bertz CT molecular complexity index is 761. The van der Waals surface area contributed by atoms with E-state index >= 15 is 0 Å². The SMILES string of the molecule is Cl.NCc1cc(NC(=O)c2ccccc2)ccc1[C@@H]1C[C@H]1NCC1CC1. The maximum atomic E-state index is 12.3. The van der Waals surface area contributed by atoms with Gasteiger partial charge in [0.25, 0.3) is 5.91 Å². The topological polar surface area (TPSA) is 67.1 Å². The zero-order valence-corrected chi connectivity index (χ0v) is 15.6. The molecule has 1 amide bonds. The van der Waals surface area contributed by atoms with E-state index in [4.69, 9.17) is 5.73 Å². The molecular weight excluding hydrogens is 346 g/mol. The highest BCUT2D eigenvalue weighted by Crippen LogP contribution is 2.43. The molecule has 0 bridgehead atoms. The van der Waals surface area contributed by atoms with Gasteiger partial charge in [-0.3, -0.25) is 4.79 Å². The molecule has 0 saturated heterocycles. The summed E-state index contributed by atoms with van der Waals surface area (Å²) in [7, 11) is 0. The molecule has 138 valence electrons. The molecule has 4 nitrogen and oxygen atoms in total. The molecule has 5 heteroatoms. The molecular formula is C21H26ClN3O. The molecule has 2 aromatic rings. The summed E-state index contributed by atoms with van der Waals surface area (Å²) < 4.78 is 0. The van der Waals surface area contributed by atoms with Gasteiger partial charge >= 0.3 is 0 Å². The quantitative estimate of drug-likeness (QED) is 0.695. The van der Waals surface area contributed by atoms with Crippen LogP contribution < -0.4 is 16.4 Å². The molecule has 0 heterocycles. The Morgan fingerprint density at radius 1 is 1.12 bits per heavy atom. The summed E-state index contributed by atoms with van der Waals surface area (Å²) in [5.41, 5.74) is 9.90. The van der Waals surface area contributed by atoms with E-state index in [9.17, 15) is 4.79 Å². The molecule has 2 aromatic carbocycles. The van der Waals surface area contributed by atoms with Crippen molar-refractivity contribution in [3.05, 3.63) is 65.2 Å². The molecule has 0 aliphatic heterocycles. The van der Waals surface area contributed by atoms with Crippen molar-refractivity contribution in [1.29, 1.82) is 0 Å². The van der Waals surface area contributed by atoms with Crippen molar-refractivity contribution in [1.82, 2.24) is 5.32 Å². The van der Waals surface area contributed by atoms with Crippen LogP contribution in [0, 0.1) is 5.92 Å². The molecule has 0 unspecified atom stereocenters. The standard InChI is InChI=1S/C21H25N3O.ClH/c22-12-16-10-17(24-21(25)15-4-2-1-3-5-15)8-9-18(16)19-11-20(19)23-13-14-6-7-14;/h1-5,8-10,14,19-20,23H,6-7,11-13,22H2,(H,24,25);1H/t19-,20+;/m0./s1. The van der Waals surface area contributed by atoms with Crippen LogP contribution in [0.1, 0.15) is 46.7 Å². The number of hydrogen-bond acceptors (Lipinski definition) is 3. The third kappa shape index (κ3) is 4.44. The van der Waals surface area contributed by atoms with Crippen molar-refractivity contribution < 1.29 is 4.79 Å². The van der Waals surface area contributed by atoms with Crippen molar-refractivity contribution in [2.75, 3.05) is 11.9 Å². The maximum absolute atomic E-state index is 12.3. The smallest absolute Gasteiger partial charge is 0.255 e. The summed E-state index contributed by atoms with van der Waals surface area (Å²) in [5, 5.41) is 6.65. The van der Waals surface area contributed by atoms with Gasteiger partial charge in [0.1, 0.15) is 0 Å². The number of carbonyl (C=O) groups excluding carboxylic acids is 1. The molecule has 0 radical (unpaired) electrons. The predicted molar refractivity (Wildman–Crippen MR) is 108 cm³/mol. The fraction of sp³-hybridized carbons (Fsp3) is 0.381. The van der Waals surface area contributed by atoms with Gasteiger partial charge < -0.3 is 16.4 Å². The number of anilines is 1. The van der Waals surface area contributed by atoms with Crippen LogP contribution in [0.15, 0.2) is 48.5 Å². The second-order valence-corrected chi connectivity index (χ2v) is 7.24. The number of carbonyl (C=O) groups is 1. The Hall–Kier alpha value is -1.88. The number of amides is 1. The highest BCUT2D eigenvalue weighted by Gasteiger charge is 2.39. The van der Waals surface area contributed by atoms with Crippen LogP contribution >= 0.6 is 12.4 Å². The number of rotatable bonds is 7. The summed E-state index contributed by atoms with van der Waals surface area (Å²) in [6.07, 6.45) is 3.96. The summed E-state index contributed by atoms with van der Waals surface area (Å²) in [6.45, 7) is 1.65. The molecule has 2 aliphatic rings. The number of benzene rings is 2. The molecule has 26 heavy (non-hydrogen) atoms. The Balaban J connectivity index is 0.00000196. The molecule has 0 aromatic heterocycles. The summed E-state index contributed by atoms with van der Waals surface area (Å²) in [5.74, 6) is 1.38. The Morgan fingerprint density at radius 3 is 2.58 bits per heavy atom. The normalized spacial score (nSPS) is 21.0. The predicted octanol–water partition coefficient (Wildman–Crippen LogP) is 3.67. The van der Waals surface area contributed by atoms with Gasteiger partial charge in [0.2, 0.25) is 0 Å². The van der Waals surface area contributed by atoms with Crippen LogP contribution in [0.4, 0.5) is 5.69 Å². The summed E-state index contributed by atoms with van der Waals surface area (Å²) >= 11 is 0. The molecule has 2 fully saturated rings. The van der Waals surface area contributed by atoms with Gasteiger partial charge in [0.15, 0.2) is 0 Å². The maximum Gasteiger partial charge on any atom is 0.255 e. The first kappa shape index (κ1) is 18.9. The number of hydrogen-bond donors (Lipinski definition) is 3. The van der Waals surface area contributed by atoms with Crippen molar-refractivity contribution in [2.45, 2.75) is 37.8 Å². The van der Waals surface area contributed by atoms with Gasteiger partial charge in [-0.05, 0) is 67.1 Å².